The molecule has 0 aromatic carbocycles. The van der Waals surface area contributed by atoms with Gasteiger partial charge in [0, 0.05) is 13.1 Å². The molecule has 4 nitrogen and oxygen atoms in total. The summed E-state index contributed by atoms with van der Waals surface area (Å²) in [6.45, 7) is 7.89. The average molecular weight is 243 g/mol. The van der Waals surface area contributed by atoms with E-state index in [9.17, 15) is 4.79 Å². The van der Waals surface area contributed by atoms with Gasteiger partial charge in [0.05, 0.1) is 0 Å². The first-order chi connectivity index (χ1) is 8.31. The Morgan fingerprint density at radius 1 is 0.824 bits per heavy atom. The van der Waals surface area contributed by atoms with Crippen LogP contribution in [0.1, 0.15) is 52.4 Å². The third kappa shape index (κ3) is 13.2. The van der Waals surface area contributed by atoms with Gasteiger partial charge in [-0.25, -0.2) is 4.79 Å². The van der Waals surface area contributed by atoms with Gasteiger partial charge in [-0.2, -0.15) is 0 Å². The summed E-state index contributed by atoms with van der Waals surface area (Å²) in [5.41, 5.74) is 0. The van der Waals surface area contributed by atoms with Gasteiger partial charge in [-0.15, -0.1) is 0 Å². The maximum atomic E-state index is 11.0. The summed E-state index contributed by atoms with van der Waals surface area (Å²) in [6, 6.07) is -0.0475. The van der Waals surface area contributed by atoms with Crippen molar-refractivity contribution in [3.05, 3.63) is 0 Å². The number of amides is 2. The zero-order chi connectivity index (χ0) is 12.8. The minimum Gasteiger partial charge on any atom is -0.338 e. The van der Waals surface area contributed by atoms with Crippen molar-refractivity contribution in [2.75, 3.05) is 26.2 Å². The van der Waals surface area contributed by atoms with Crippen molar-refractivity contribution in [1.82, 2.24) is 16.0 Å². The van der Waals surface area contributed by atoms with Crippen LogP contribution in [0.15, 0.2) is 0 Å². The van der Waals surface area contributed by atoms with Crippen molar-refractivity contribution >= 4 is 6.03 Å². The third-order valence-corrected chi connectivity index (χ3v) is 2.61. The molecular formula is C13H29N3O. The number of rotatable bonds is 11. The molecule has 0 saturated heterocycles. The van der Waals surface area contributed by atoms with E-state index < -0.39 is 0 Å². The maximum absolute atomic E-state index is 11.0. The summed E-state index contributed by atoms with van der Waals surface area (Å²) in [6.07, 6.45) is 7.30. The second-order valence-electron chi connectivity index (χ2n) is 4.30. The van der Waals surface area contributed by atoms with Crippen LogP contribution in [0, 0.1) is 0 Å². The van der Waals surface area contributed by atoms with Crippen molar-refractivity contribution < 1.29 is 4.79 Å². The Morgan fingerprint density at radius 2 is 1.47 bits per heavy atom. The first-order valence-corrected chi connectivity index (χ1v) is 7.03. The van der Waals surface area contributed by atoms with Gasteiger partial charge < -0.3 is 16.0 Å². The standard InChI is InChI=1S/C13H29N3O/c1-3-5-10-14-11-8-6-7-9-12-16-13(17)15-4-2/h14H,3-12H2,1-2H3,(H2,15,16,17). The Hall–Kier alpha value is -0.770. The molecule has 0 spiro atoms. The molecule has 0 aromatic heterocycles. The summed E-state index contributed by atoms with van der Waals surface area (Å²) < 4.78 is 0. The van der Waals surface area contributed by atoms with E-state index in [0.29, 0.717) is 6.54 Å². The summed E-state index contributed by atoms with van der Waals surface area (Å²) in [5.74, 6) is 0. The van der Waals surface area contributed by atoms with E-state index in [4.69, 9.17) is 0 Å². The topological polar surface area (TPSA) is 53.2 Å². The maximum Gasteiger partial charge on any atom is 0.314 e. The van der Waals surface area contributed by atoms with Crippen LogP contribution in [0.2, 0.25) is 0 Å². The minimum atomic E-state index is -0.0475. The molecule has 0 heterocycles. The number of carbonyl (C=O) groups excluding carboxylic acids is 1. The first kappa shape index (κ1) is 16.2. The highest BCUT2D eigenvalue weighted by molar-refractivity contribution is 5.73. The van der Waals surface area contributed by atoms with E-state index in [1.807, 2.05) is 6.92 Å². The largest absolute Gasteiger partial charge is 0.338 e. The van der Waals surface area contributed by atoms with Crippen LogP contribution in [0.4, 0.5) is 4.79 Å². The lowest BCUT2D eigenvalue weighted by atomic mass is 10.2. The van der Waals surface area contributed by atoms with Gasteiger partial charge in [-0.1, -0.05) is 26.2 Å². The van der Waals surface area contributed by atoms with Gasteiger partial charge in [-0.05, 0) is 39.3 Å². The molecule has 0 rings (SSSR count). The van der Waals surface area contributed by atoms with Crippen LogP contribution in [0.25, 0.3) is 0 Å². The average Bonchev–Trinajstić information content (AvgIpc) is 2.32. The zero-order valence-corrected chi connectivity index (χ0v) is 11.5. The number of hydrogen-bond acceptors (Lipinski definition) is 2. The molecule has 0 aromatic rings. The molecular weight excluding hydrogens is 214 g/mol. The van der Waals surface area contributed by atoms with Crippen molar-refractivity contribution in [3.8, 4) is 0 Å². The molecule has 4 heteroatoms. The molecule has 0 atom stereocenters. The molecule has 0 unspecified atom stereocenters. The molecule has 0 aliphatic heterocycles. The predicted octanol–water partition coefficient (Wildman–Crippen LogP) is 2.26. The normalized spacial score (nSPS) is 10.2. The summed E-state index contributed by atoms with van der Waals surface area (Å²) >= 11 is 0. The van der Waals surface area contributed by atoms with E-state index in [1.165, 1.54) is 32.1 Å². The van der Waals surface area contributed by atoms with Gasteiger partial charge in [0.2, 0.25) is 0 Å². The fourth-order valence-corrected chi connectivity index (χ4v) is 1.58. The molecule has 0 saturated carbocycles. The van der Waals surface area contributed by atoms with Crippen LogP contribution >= 0.6 is 0 Å². The van der Waals surface area contributed by atoms with E-state index in [0.717, 1.165) is 26.1 Å². The minimum absolute atomic E-state index is 0.0475. The molecule has 3 N–H and O–H groups in total. The van der Waals surface area contributed by atoms with Gasteiger partial charge in [0.25, 0.3) is 0 Å². The number of urea groups is 1. The SMILES string of the molecule is CCCCNCCCCCCNC(=O)NCC. The van der Waals surface area contributed by atoms with Crippen LogP contribution in [-0.4, -0.2) is 32.2 Å². The Kier molecular flexibility index (Phi) is 12.7. The van der Waals surface area contributed by atoms with E-state index in [-0.39, 0.29) is 6.03 Å². The smallest absolute Gasteiger partial charge is 0.314 e. The van der Waals surface area contributed by atoms with E-state index in [1.54, 1.807) is 0 Å². The fourth-order valence-electron chi connectivity index (χ4n) is 1.58. The number of carbonyl (C=O) groups is 1. The van der Waals surface area contributed by atoms with Crippen molar-refractivity contribution in [2.45, 2.75) is 52.4 Å². The van der Waals surface area contributed by atoms with Crippen LogP contribution < -0.4 is 16.0 Å². The molecule has 0 bridgehead atoms. The second kappa shape index (κ2) is 13.3. The van der Waals surface area contributed by atoms with Crippen molar-refractivity contribution in [2.24, 2.45) is 0 Å². The lowest BCUT2D eigenvalue weighted by molar-refractivity contribution is 0.241. The lowest BCUT2D eigenvalue weighted by Crippen LogP contribution is -2.35. The third-order valence-electron chi connectivity index (χ3n) is 2.61. The lowest BCUT2D eigenvalue weighted by Gasteiger charge is -2.06. The van der Waals surface area contributed by atoms with Crippen LogP contribution in [0.5, 0.6) is 0 Å². The quantitative estimate of drug-likeness (QED) is 0.488. The monoisotopic (exact) mass is 243 g/mol. The van der Waals surface area contributed by atoms with Crippen LogP contribution in [-0.2, 0) is 0 Å². The Morgan fingerprint density at radius 3 is 2.12 bits per heavy atom. The second-order valence-corrected chi connectivity index (χ2v) is 4.30. The number of unbranched alkanes of at least 4 members (excludes halogenated alkanes) is 4. The Labute approximate surface area is 106 Å². The van der Waals surface area contributed by atoms with Gasteiger partial charge >= 0.3 is 6.03 Å². The Bertz CT molecular complexity index is 174. The number of nitrogens with one attached hydrogen (secondary N) is 3. The van der Waals surface area contributed by atoms with Gasteiger partial charge in [-0.3, -0.25) is 0 Å². The highest BCUT2D eigenvalue weighted by atomic mass is 16.2. The van der Waals surface area contributed by atoms with Crippen molar-refractivity contribution in [3.63, 3.8) is 0 Å². The fraction of sp³-hybridized carbons (Fsp3) is 0.923. The summed E-state index contributed by atoms with van der Waals surface area (Å²) in [7, 11) is 0. The predicted molar refractivity (Wildman–Crippen MR) is 73.3 cm³/mol. The van der Waals surface area contributed by atoms with Crippen LogP contribution in [0.3, 0.4) is 0 Å². The molecule has 0 aliphatic carbocycles. The van der Waals surface area contributed by atoms with E-state index in [2.05, 4.69) is 22.9 Å². The molecule has 17 heavy (non-hydrogen) atoms. The van der Waals surface area contributed by atoms with Crippen molar-refractivity contribution in [1.29, 1.82) is 0 Å². The van der Waals surface area contributed by atoms with E-state index >= 15 is 0 Å². The Balaban J connectivity index is 3.01. The molecule has 2 amide bonds. The molecule has 0 aliphatic rings. The van der Waals surface area contributed by atoms with Gasteiger partial charge in [0.1, 0.15) is 0 Å². The number of hydrogen-bond donors (Lipinski definition) is 3. The molecule has 102 valence electrons. The molecule has 0 fully saturated rings. The summed E-state index contributed by atoms with van der Waals surface area (Å²) in [4.78, 5) is 11.0. The highest BCUT2D eigenvalue weighted by Crippen LogP contribution is 1.97. The molecule has 0 radical (unpaired) electrons. The zero-order valence-electron chi connectivity index (χ0n) is 11.5. The highest BCUT2D eigenvalue weighted by Gasteiger charge is 1.96. The summed E-state index contributed by atoms with van der Waals surface area (Å²) in [5, 5.41) is 8.99. The van der Waals surface area contributed by atoms with Gasteiger partial charge in [0.15, 0.2) is 0 Å². The first-order valence-electron chi connectivity index (χ1n) is 7.03.